The van der Waals surface area contributed by atoms with Crippen LogP contribution < -0.4 is 0 Å². The molecule has 1 aliphatic carbocycles. The first kappa shape index (κ1) is 11.3. The van der Waals surface area contributed by atoms with Crippen molar-refractivity contribution in [3.05, 3.63) is 22.4 Å². The van der Waals surface area contributed by atoms with Gasteiger partial charge in [-0.15, -0.1) is 34.5 Å². The zero-order chi connectivity index (χ0) is 10.9. The molecule has 0 aliphatic heterocycles. The quantitative estimate of drug-likeness (QED) is 0.641. The molecule has 1 saturated carbocycles. The van der Waals surface area contributed by atoms with E-state index in [0.29, 0.717) is 0 Å². The average molecular weight is 261 g/mol. The highest BCUT2D eigenvalue weighted by atomic mass is 35.5. The van der Waals surface area contributed by atoms with Crippen LogP contribution in [0.15, 0.2) is 17.5 Å². The van der Waals surface area contributed by atoms with Crippen molar-refractivity contribution in [2.75, 3.05) is 5.88 Å². The van der Waals surface area contributed by atoms with E-state index in [1.54, 1.807) is 0 Å². The van der Waals surface area contributed by atoms with E-state index in [0.717, 1.165) is 17.7 Å². The molecule has 1 aliphatic rings. The number of thiophene rings is 1. The molecule has 15 heavy (non-hydrogen) atoms. The number of rotatable bonds is 2. The second-order valence-corrected chi connectivity index (χ2v) is 5.62. The molecule has 0 amide bonds. The van der Waals surface area contributed by atoms with Gasteiger partial charge in [-0.3, -0.25) is 0 Å². The molecule has 0 radical (unpaired) electrons. The highest BCUT2D eigenvalue weighted by molar-refractivity contribution is 7.10. The van der Waals surface area contributed by atoms with E-state index in [1.807, 2.05) is 17.5 Å². The zero-order valence-electron chi connectivity index (χ0n) is 7.96. The standard InChI is InChI=1S/C11H10Cl2OS/c12-8-11(14,10(13)5-6-10)4-3-9-2-1-7-15-9/h1-2,7,14H,5-6,8H2. The molecule has 1 aromatic rings. The molecule has 2 rings (SSSR count). The van der Waals surface area contributed by atoms with Gasteiger partial charge in [-0.1, -0.05) is 17.9 Å². The minimum absolute atomic E-state index is 0.0505. The average Bonchev–Trinajstić information content (AvgIpc) is 2.82. The summed E-state index contributed by atoms with van der Waals surface area (Å²) >= 11 is 13.4. The number of hydrogen-bond donors (Lipinski definition) is 1. The van der Waals surface area contributed by atoms with Crippen molar-refractivity contribution >= 4 is 34.5 Å². The Kier molecular flexibility index (Phi) is 3.00. The number of alkyl halides is 2. The lowest BCUT2D eigenvalue weighted by Gasteiger charge is -2.24. The van der Waals surface area contributed by atoms with Gasteiger partial charge in [-0.05, 0) is 24.3 Å². The van der Waals surface area contributed by atoms with E-state index in [9.17, 15) is 5.11 Å². The first-order valence-corrected chi connectivity index (χ1v) is 6.43. The molecular weight excluding hydrogens is 251 g/mol. The minimum atomic E-state index is -1.26. The largest absolute Gasteiger partial charge is 0.374 e. The van der Waals surface area contributed by atoms with Crippen LogP contribution in [0.1, 0.15) is 17.7 Å². The second kappa shape index (κ2) is 3.99. The summed E-state index contributed by atoms with van der Waals surface area (Å²) in [4.78, 5) is 0.290. The van der Waals surface area contributed by atoms with Crippen molar-refractivity contribution in [3.8, 4) is 11.8 Å². The predicted molar refractivity (Wildman–Crippen MR) is 64.7 cm³/mol. The molecule has 1 aromatic heterocycles. The normalized spacial score (nSPS) is 21.3. The SMILES string of the molecule is OC(C#Cc1cccs1)(CCl)C1(Cl)CC1. The van der Waals surface area contributed by atoms with Gasteiger partial charge in [-0.2, -0.15) is 0 Å². The van der Waals surface area contributed by atoms with Crippen molar-refractivity contribution in [1.29, 1.82) is 0 Å². The molecule has 1 unspecified atom stereocenters. The monoisotopic (exact) mass is 260 g/mol. The Morgan fingerprint density at radius 2 is 2.33 bits per heavy atom. The first-order chi connectivity index (χ1) is 7.10. The van der Waals surface area contributed by atoms with Crippen LogP contribution in [-0.2, 0) is 0 Å². The van der Waals surface area contributed by atoms with Gasteiger partial charge in [0.2, 0.25) is 0 Å². The Labute approximate surface area is 103 Å². The zero-order valence-corrected chi connectivity index (χ0v) is 10.3. The van der Waals surface area contributed by atoms with Crippen molar-refractivity contribution in [3.63, 3.8) is 0 Å². The maximum atomic E-state index is 10.2. The summed E-state index contributed by atoms with van der Waals surface area (Å²) in [5, 5.41) is 12.1. The Bertz CT molecular complexity index is 400. The summed E-state index contributed by atoms with van der Waals surface area (Å²) in [5.41, 5.74) is -1.26. The lowest BCUT2D eigenvalue weighted by molar-refractivity contribution is 0.112. The lowest BCUT2D eigenvalue weighted by Crippen LogP contribution is -2.41. The third-order valence-corrected chi connectivity index (χ3v) is 4.40. The summed E-state index contributed by atoms with van der Waals surface area (Å²) in [6.45, 7) is 0. The fraction of sp³-hybridized carbons (Fsp3) is 0.455. The molecular formula is C11H10Cl2OS. The van der Waals surface area contributed by atoms with Gasteiger partial charge in [0.1, 0.15) is 0 Å². The van der Waals surface area contributed by atoms with Gasteiger partial charge in [0.15, 0.2) is 5.60 Å². The van der Waals surface area contributed by atoms with E-state index in [2.05, 4.69) is 11.8 Å². The molecule has 1 heterocycles. The molecule has 0 aromatic carbocycles. The summed E-state index contributed by atoms with van der Waals surface area (Å²) in [5.74, 6) is 5.77. The van der Waals surface area contributed by atoms with Gasteiger partial charge < -0.3 is 5.11 Å². The molecule has 0 bridgehead atoms. The van der Waals surface area contributed by atoms with Gasteiger partial charge in [0.25, 0.3) is 0 Å². The smallest absolute Gasteiger partial charge is 0.158 e. The number of halogens is 2. The molecule has 0 saturated heterocycles. The van der Waals surface area contributed by atoms with E-state index >= 15 is 0 Å². The third-order valence-electron chi connectivity index (χ3n) is 2.54. The van der Waals surface area contributed by atoms with Gasteiger partial charge in [0.05, 0.1) is 15.6 Å². The van der Waals surface area contributed by atoms with Crippen molar-refractivity contribution in [1.82, 2.24) is 0 Å². The van der Waals surface area contributed by atoms with E-state index < -0.39 is 10.5 Å². The van der Waals surface area contributed by atoms with Crippen molar-refractivity contribution in [2.24, 2.45) is 0 Å². The third kappa shape index (κ3) is 2.16. The molecule has 1 N–H and O–H groups in total. The molecule has 1 fully saturated rings. The molecule has 1 atom stereocenters. The fourth-order valence-electron chi connectivity index (χ4n) is 1.30. The summed E-state index contributed by atoms with van der Waals surface area (Å²) < 4.78 is 0. The second-order valence-electron chi connectivity index (χ2n) is 3.69. The number of aliphatic hydroxyl groups is 1. The van der Waals surface area contributed by atoms with E-state index in [4.69, 9.17) is 23.2 Å². The van der Waals surface area contributed by atoms with Crippen LogP contribution in [0.25, 0.3) is 0 Å². The summed E-state index contributed by atoms with van der Waals surface area (Å²) in [6, 6.07) is 3.82. The summed E-state index contributed by atoms with van der Waals surface area (Å²) in [7, 11) is 0. The minimum Gasteiger partial charge on any atom is -0.374 e. The van der Waals surface area contributed by atoms with Crippen LogP contribution in [0.4, 0.5) is 0 Å². The van der Waals surface area contributed by atoms with Crippen molar-refractivity contribution < 1.29 is 5.11 Å². The van der Waals surface area contributed by atoms with Crippen LogP contribution in [0, 0.1) is 11.8 Å². The van der Waals surface area contributed by atoms with Crippen molar-refractivity contribution in [2.45, 2.75) is 23.3 Å². The molecule has 80 valence electrons. The topological polar surface area (TPSA) is 20.2 Å². The van der Waals surface area contributed by atoms with Crippen LogP contribution in [0.3, 0.4) is 0 Å². The van der Waals surface area contributed by atoms with Gasteiger partial charge in [0, 0.05) is 0 Å². The predicted octanol–water partition coefficient (Wildman–Crippen LogP) is 2.84. The maximum Gasteiger partial charge on any atom is 0.158 e. The maximum absolute atomic E-state index is 10.2. The Morgan fingerprint density at radius 1 is 1.60 bits per heavy atom. The van der Waals surface area contributed by atoms with Gasteiger partial charge >= 0.3 is 0 Å². The molecule has 0 spiro atoms. The lowest BCUT2D eigenvalue weighted by atomic mass is 10.0. The molecule has 4 heteroatoms. The van der Waals surface area contributed by atoms with Crippen LogP contribution in [0.2, 0.25) is 0 Å². The van der Waals surface area contributed by atoms with E-state index in [1.165, 1.54) is 11.3 Å². The van der Waals surface area contributed by atoms with Gasteiger partial charge in [-0.25, -0.2) is 0 Å². The molecule has 1 nitrogen and oxygen atoms in total. The van der Waals surface area contributed by atoms with E-state index in [-0.39, 0.29) is 5.88 Å². The summed E-state index contributed by atoms with van der Waals surface area (Å²) in [6.07, 6.45) is 1.55. The van der Waals surface area contributed by atoms with Crippen LogP contribution in [0.5, 0.6) is 0 Å². The Morgan fingerprint density at radius 3 is 2.80 bits per heavy atom. The first-order valence-electron chi connectivity index (χ1n) is 4.64. The highest BCUT2D eigenvalue weighted by Crippen LogP contribution is 2.51. The highest BCUT2D eigenvalue weighted by Gasteiger charge is 2.57. The van der Waals surface area contributed by atoms with Crippen LogP contribution in [-0.4, -0.2) is 21.5 Å². The van der Waals surface area contributed by atoms with Crippen LogP contribution >= 0.6 is 34.5 Å². The number of hydrogen-bond acceptors (Lipinski definition) is 2. The fourth-order valence-corrected chi connectivity index (χ4v) is 2.47. The Balaban J connectivity index is 2.21. The Hall–Kier alpha value is -0.200.